The minimum Gasteiger partial charge on any atom is -0.445 e. The molecule has 1 aliphatic carbocycles. The first-order chi connectivity index (χ1) is 19.0. The summed E-state index contributed by atoms with van der Waals surface area (Å²) in [6, 6.07) is 17.5. The van der Waals surface area contributed by atoms with Gasteiger partial charge in [0.2, 0.25) is 11.9 Å². The number of carbonyl (C=O) groups excluding carboxylic acids is 2. The lowest BCUT2D eigenvalue weighted by Crippen LogP contribution is -2.48. The number of rotatable bonds is 5. The standard InChI is InChI=1S/C30H33N5O4/c36-26(18-31-29(38)39-19-21-8-2-1-3-9-21)35-20-30(23-11-5-7-13-25(23)35)14-16-34(17-15-30)28-32-24-12-6-4-10-22(24)27(37)33-28/h1-3,5,7-9,11,13H,4,6,10,12,14-20H2,(H,31,38)(H,32,33,37). The highest BCUT2D eigenvalue weighted by molar-refractivity contribution is 5.98. The zero-order valence-electron chi connectivity index (χ0n) is 21.9. The van der Waals surface area contributed by atoms with E-state index in [1.54, 1.807) is 4.90 Å². The van der Waals surface area contributed by atoms with Crippen molar-refractivity contribution in [2.75, 3.05) is 36.0 Å². The van der Waals surface area contributed by atoms with Crippen LogP contribution >= 0.6 is 0 Å². The van der Waals surface area contributed by atoms with Crippen molar-refractivity contribution in [1.82, 2.24) is 15.3 Å². The van der Waals surface area contributed by atoms with E-state index in [-0.39, 0.29) is 30.0 Å². The van der Waals surface area contributed by atoms with Crippen LogP contribution in [0.2, 0.25) is 0 Å². The van der Waals surface area contributed by atoms with E-state index in [1.165, 1.54) is 0 Å². The van der Waals surface area contributed by atoms with Gasteiger partial charge in [-0.25, -0.2) is 9.78 Å². The second-order valence-electron chi connectivity index (χ2n) is 10.7. The molecule has 3 aromatic rings. The van der Waals surface area contributed by atoms with Crippen molar-refractivity contribution in [2.24, 2.45) is 0 Å². The first-order valence-corrected chi connectivity index (χ1v) is 13.7. The van der Waals surface area contributed by atoms with Gasteiger partial charge in [-0.05, 0) is 55.7 Å². The maximum absolute atomic E-state index is 13.3. The molecule has 1 fully saturated rings. The third-order valence-electron chi connectivity index (χ3n) is 8.32. The quantitative estimate of drug-likeness (QED) is 0.526. The van der Waals surface area contributed by atoms with Crippen LogP contribution in [-0.2, 0) is 34.4 Å². The Balaban J connectivity index is 1.11. The number of nitrogens with zero attached hydrogens (tertiary/aromatic N) is 3. The number of ether oxygens (including phenoxy) is 1. The zero-order valence-corrected chi connectivity index (χ0v) is 21.9. The molecule has 39 heavy (non-hydrogen) atoms. The third kappa shape index (κ3) is 5.01. The van der Waals surface area contributed by atoms with Crippen molar-refractivity contribution in [3.05, 3.63) is 87.3 Å². The van der Waals surface area contributed by atoms with E-state index in [1.807, 2.05) is 48.5 Å². The summed E-state index contributed by atoms with van der Waals surface area (Å²) in [6.45, 7) is 2.06. The lowest BCUT2D eigenvalue weighted by molar-refractivity contribution is -0.117. The normalized spacial score (nSPS) is 17.4. The largest absolute Gasteiger partial charge is 0.445 e. The maximum Gasteiger partial charge on any atom is 0.407 e. The molecule has 202 valence electrons. The number of para-hydroxylation sites is 1. The van der Waals surface area contributed by atoms with E-state index >= 15 is 0 Å². The molecule has 6 rings (SSSR count). The highest BCUT2D eigenvalue weighted by atomic mass is 16.5. The number of hydrogen-bond donors (Lipinski definition) is 2. The summed E-state index contributed by atoms with van der Waals surface area (Å²) in [6.07, 6.45) is 4.84. The van der Waals surface area contributed by atoms with Crippen molar-refractivity contribution in [3.63, 3.8) is 0 Å². The summed E-state index contributed by atoms with van der Waals surface area (Å²) in [5.74, 6) is 0.493. The molecular formula is C30H33N5O4. The lowest BCUT2D eigenvalue weighted by atomic mass is 9.74. The van der Waals surface area contributed by atoms with Crippen molar-refractivity contribution in [3.8, 4) is 0 Å². The highest BCUT2D eigenvalue weighted by Gasteiger charge is 2.46. The Kier molecular flexibility index (Phi) is 6.81. The Morgan fingerprint density at radius 3 is 2.56 bits per heavy atom. The number of benzene rings is 2. The molecule has 0 bridgehead atoms. The van der Waals surface area contributed by atoms with Gasteiger partial charge in [-0.15, -0.1) is 0 Å². The van der Waals surface area contributed by atoms with Gasteiger partial charge in [-0.3, -0.25) is 14.6 Å². The molecule has 9 heteroatoms. The molecule has 1 saturated heterocycles. The Morgan fingerprint density at radius 2 is 1.74 bits per heavy atom. The van der Waals surface area contributed by atoms with Gasteiger partial charge < -0.3 is 19.9 Å². The van der Waals surface area contributed by atoms with E-state index in [0.29, 0.717) is 12.5 Å². The molecule has 0 atom stereocenters. The molecular weight excluding hydrogens is 494 g/mol. The Bertz CT molecular complexity index is 1430. The van der Waals surface area contributed by atoms with Crippen LogP contribution in [0.15, 0.2) is 59.4 Å². The molecule has 0 radical (unpaired) electrons. The monoisotopic (exact) mass is 527 g/mol. The average Bonchev–Trinajstić information content (AvgIpc) is 3.29. The SMILES string of the molecule is O=C(NCC(=O)N1CC2(CCN(c3nc4c(c(=O)[nH]3)CCCC4)CC2)c2ccccc21)OCc1ccccc1. The second-order valence-corrected chi connectivity index (χ2v) is 10.7. The summed E-state index contributed by atoms with van der Waals surface area (Å²) in [4.78, 5) is 50.0. The smallest absolute Gasteiger partial charge is 0.407 e. The summed E-state index contributed by atoms with van der Waals surface area (Å²) in [7, 11) is 0. The van der Waals surface area contributed by atoms with Crippen LogP contribution in [0.1, 0.15) is 48.1 Å². The highest BCUT2D eigenvalue weighted by Crippen LogP contribution is 2.47. The molecule has 9 nitrogen and oxygen atoms in total. The van der Waals surface area contributed by atoms with Gasteiger partial charge in [0, 0.05) is 36.3 Å². The van der Waals surface area contributed by atoms with Crippen LogP contribution in [0.5, 0.6) is 0 Å². The molecule has 1 aromatic heterocycles. The van der Waals surface area contributed by atoms with Gasteiger partial charge in [0.05, 0.1) is 5.69 Å². The minimum atomic E-state index is -0.616. The summed E-state index contributed by atoms with van der Waals surface area (Å²) >= 11 is 0. The number of aromatic nitrogens is 2. The molecule has 3 heterocycles. The summed E-state index contributed by atoms with van der Waals surface area (Å²) < 4.78 is 5.26. The van der Waals surface area contributed by atoms with Gasteiger partial charge in [-0.1, -0.05) is 48.5 Å². The lowest BCUT2D eigenvalue weighted by Gasteiger charge is -2.40. The average molecular weight is 528 g/mol. The molecule has 2 amide bonds. The van der Waals surface area contributed by atoms with Crippen LogP contribution < -0.4 is 20.7 Å². The predicted octanol–water partition coefficient (Wildman–Crippen LogP) is 3.46. The fraction of sp³-hybridized carbons (Fsp3) is 0.400. The summed E-state index contributed by atoms with van der Waals surface area (Å²) in [5.41, 5.74) is 4.55. The molecule has 1 spiro atoms. The number of piperidine rings is 1. The third-order valence-corrected chi connectivity index (χ3v) is 8.32. The maximum atomic E-state index is 13.3. The van der Waals surface area contributed by atoms with Crippen molar-refractivity contribution >= 4 is 23.6 Å². The van der Waals surface area contributed by atoms with Crippen molar-refractivity contribution in [1.29, 1.82) is 0 Å². The first kappa shape index (κ1) is 25.2. The number of H-pyrrole nitrogens is 1. The van der Waals surface area contributed by atoms with E-state index in [2.05, 4.69) is 21.3 Å². The Labute approximate surface area is 227 Å². The van der Waals surface area contributed by atoms with Gasteiger partial charge in [0.25, 0.3) is 5.56 Å². The zero-order chi connectivity index (χ0) is 26.8. The van der Waals surface area contributed by atoms with Crippen LogP contribution in [0.4, 0.5) is 16.4 Å². The van der Waals surface area contributed by atoms with Crippen LogP contribution in [0, 0.1) is 0 Å². The number of fused-ring (bicyclic) bond motifs is 3. The van der Waals surface area contributed by atoms with Crippen molar-refractivity contribution in [2.45, 2.75) is 50.5 Å². The van der Waals surface area contributed by atoms with Gasteiger partial charge in [0.15, 0.2) is 0 Å². The van der Waals surface area contributed by atoms with Gasteiger partial charge in [0.1, 0.15) is 13.2 Å². The van der Waals surface area contributed by atoms with E-state index < -0.39 is 6.09 Å². The van der Waals surface area contributed by atoms with Crippen LogP contribution in [-0.4, -0.2) is 48.1 Å². The molecule has 2 aromatic carbocycles. The topological polar surface area (TPSA) is 108 Å². The molecule has 0 unspecified atom stereocenters. The number of amides is 2. The molecule has 2 N–H and O–H groups in total. The molecule has 2 aliphatic heterocycles. The van der Waals surface area contributed by atoms with Gasteiger partial charge >= 0.3 is 6.09 Å². The van der Waals surface area contributed by atoms with E-state index in [9.17, 15) is 14.4 Å². The second kappa shape index (κ2) is 10.6. The Hall–Kier alpha value is -4.14. The van der Waals surface area contributed by atoms with Gasteiger partial charge in [-0.2, -0.15) is 0 Å². The van der Waals surface area contributed by atoms with E-state index in [0.717, 1.165) is 79.7 Å². The first-order valence-electron chi connectivity index (χ1n) is 13.7. The minimum absolute atomic E-state index is 0.00670. The van der Waals surface area contributed by atoms with Crippen LogP contribution in [0.25, 0.3) is 0 Å². The Morgan fingerprint density at radius 1 is 1.00 bits per heavy atom. The number of nitrogens with one attached hydrogen (secondary N) is 2. The molecule has 3 aliphatic rings. The fourth-order valence-electron chi connectivity index (χ4n) is 6.18. The number of aromatic amines is 1. The summed E-state index contributed by atoms with van der Waals surface area (Å²) in [5, 5.41) is 2.61. The number of carbonyl (C=O) groups is 2. The number of hydrogen-bond acceptors (Lipinski definition) is 6. The predicted molar refractivity (Wildman–Crippen MR) is 148 cm³/mol. The fourth-order valence-corrected chi connectivity index (χ4v) is 6.18. The van der Waals surface area contributed by atoms with E-state index in [4.69, 9.17) is 9.72 Å². The number of alkyl carbamates (subject to hydrolysis) is 1. The van der Waals surface area contributed by atoms with Crippen molar-refractivity contribution < 1.29 is 14.3 Å². The number of aryl methyl sites for hydroxylation is 1. The molecule has 0 saturated carbocycles. The van der Waals surface area contributed by atoms with Crippen LogP contribution in [0.3, 0.4) is 0 Å². The number of anilines is 2.